The molecular formula is C28H27FN2O2S. The largest absolute Gasteiger partial charge is 0.489 e. The Bertz CT molecular complexity index is 1210. The third kappa shape index (κ3) is 6.08. The lowest BCUT2D eigenvalue weighted by atomic mass is 10.1. The molecule has 3 aromatic carbocycles. The number of carbonyl (C=O) groups is 1. The van der Waals surface area contributed by atoms with Crippen molar-refractivity contribution in [2.75, 3.05) is 5.32 Å². The van der Waals surface area contributed by atoms with E-state index in [0.29, 0.717) is 17.1 Å². The van der Waals surface area contributed by atoms with Gasteiger partial charge in [0.15, 0.2) is 5.50 Å². The van der Waals surface area contributed by atoms with Gasteiger partial charge in [-0.25, -0.2) is 4.39 Å². The zero-order chi connectivity index (χ0) is 23.9. The zero-order valence-corrected chi connectivity index (χ0v) is 19.8. The van der Waals surface area contributed by atoms with E-state index in [2.05, 4.69) is 36.3 Å². The van der Waals surface area contributed by atoms with Crippen LogP contribution >= 0.6 is 11.8 Å². The second-order valence-electron chi connectivity index (χ2n) is 7.95. The Hall–Kier alpha value is -3.51. The predicted molar refractivity (Wildman–Crippen MR) is 138 cm³/mol. The van der Waals surface area contributed by atoms with Crippen LogP contribution in [0.4, 0.5) is 10.1 Å². The number of aryl methyl sites for hydroxylation is 1. The van der Waals surface area contributed by atoms with Gasteiger partial charge >= 0.3 is 0 Å². The van der Waals surface area contributed by atoms with Crippen molar-refractivity contribution in [3.05, 3.63) is 112 Å². The van der Waals surface area contributed by atoms with Crippen molar-refractivity contribution >= 4 is 29.4 Å². The van der Waals surface area contributed by atoms with Crippen molar-refractivity contribution < 1.29 is 13.9 Å². The average Bonchev–Trinajstić information content (AvgIpc) is 3.17. The maximum absolute atomic E-state index is 13.4. The highest BCUT2D eigenvalue weighted by Crippen LogP contribution is 2.31. The summed E-state index contributed by atoms with van der Waals surface area (Å²) in [4.78, 5) is 13.2. The third-order valence-electron chi connectivity index (χ3n) is 5.42. The van der Waals surface area contributed by atoms with E-state index in [1.807, 2.05) is 48.6 Å². The summed E-state index contributed by atoms with van der Waals surface area (Å²) in [7, 11) is 0. The van der Waals surface area contributed by atoms with Crippen LogP contribution in [0.1, 0.15) is 29.2 Å². The second kappa shape index (κ2) is 11.1. The first-order valence-electron chi connectivity index (χ1n) is 11.2. The maximum atomic E-state index is 13.4. The lowest BCUT2D eigenvalue weighted by molar-refractivity contribution is -0.116. The van der Waals surface area contributed by atoms with Gasteiger partial charge in [0.05, 0.1) is 4.91 Å². The normalized spacial score (nSPS) is 16.4. The first-order chi connectivity index (χ1) is 16.5. The summed E-state index contributed by atoms with van der Waals surface area (Å²) >= 11 is 1.45. The Morgan fingerprint density at radius 1 is 1.12 bits per heavy atom. The number of thioether (sulfide) groups is 1. The monoisotopic (exact) mass is 474 g/mol. The lowest BCUT2D eigenvalue weighted by Crippen LogP contribution is -2.30. The van der Waals surface area contributed by atoms with Gasteiger partial charge in [-0.15, -0.1) is 6.58 Å². The predicted octanol–water partition coefficient (Wildman–Crippen LogP) is 6.30. The Morgan fingerprint density at radius 2 is 1.94 bits per heavy atom. The summed E-state index contributed by atoms with van der Waals surface area (Å²) in [5.41, 5.74) is 4.62. The quantitative estimate of drug-likeness (QED) is 0.282. The fourth-order valence-corrected chi connectivity index (χ4v) is 4.62. The number of ether oxygens (including phenoxy) is 1. The van der Waals surface area contributed by atoms with Gasteiger partial charge < -0.3 is 15.4 Å². The van der Waals surface area contributed by atoms with Gasteiger partial charge in [-0.1, -0.05) is 55.1 Å². The SMILES string of the molecule is C=CCc1cc(/C=C2\S[C@@H](Nc3ccc(CC)cc3)NC2=O)ccc1OCc1cccc(F)c1. The number of carbonyl (C=O) groups excluding carboxylic acids is 1. The van der Waals surface area contributed by atoms with Gasteiger partial charge in [-0.2, -0.15) is 0 Å². The van der Waals surface area contributed by atoms with E-state index >= 15 is 0 Å². The van der Waals surface area contributed by atoms with Crippen molar-refractivity contribution in [2.45, 2.75) is 31.9 Å². The fraction of sp³-hybridized carbons (Fsp3) is 0.179. The standard InChI is InChI=1S/C28H27FN2O2S/c1-3-6-22-15-20(11-14-25(22)33-18-21-7-5-8-23(29)16-21)17-26-27(32)31-28(34-26)30-24-12-9-19(4-2)10-13-24/h3,5,7-17,28,30H,1,4,6,18H2,2H3,(H,31,32)/b26-17-/t28-/m0/s1. The first kappa shape index (κ1) is 23.6. The van der Waals surface area contributed by atoms with E-state index in [9.17, 15) is 9.18 Å². The van der Waals surface area contributed by atoms with Crippen LogP contribution in [0.3, 0.4) is 0 Å². The number of hydrogen-bond acceptors (Lipinski definition) is 4. The number of rotatable bonds is 9. The summed E-state index contributed by atoms with van der Waals surface area (Å²) < 4.78 is 19.4. The minimum Gasteiger partial charge on any atom is -0.489 e. The van der Waals surface area contributed by atoms with Crippen LogP contribution in [-0.4, -0.2) is 11.4 Å². The Morgan fingerprint density at radius 3 is 2.68 bits per heavy atom. The summed E-state index contributed by atoms with van der Waals surface area (Å²) in [6.07, 6.45) is 5.30. The van der Waals surface area contributed by atoms with Gasteiger partial charge in [-0.3, -0.25) is 4.79 Å². The van der Waals surface area contributed by atoms with Gasteiger partial charge in [0.2, 0.25) is 0 Å². The van der Waals surface area contributed by atoms with Gasteiger partial charge in [-0.05, 0) is 77.6 Å². The molecule has 1 fully saturated rings. The van der Waals surface area contributed by atoms with Crippen molar-refractivity contribution in [2.24, 2.45) is 0 Å². The molecule has 0 aliphatic carbocycles. The Labute approximate surface area is 203 Å². The second-order valence-corrected chi connectivity index (χ2v) is 9.10. The molecule has 0 aromatic heterocycles. The molecule has 0 saturated carbocycles. The minimum atomic E-state index is -0.285. The third-order valence-corrected chi connectivity index (χ3v) is 6.45. The molecule has 6 heteroatoms. The van der Waals surface area contributed by atoms with Gasteiger partial charge in [0.1, 0.15) is 18.2 Å². The molecule has 1 amide bonds. The fourth-order valence-electron chi connectivity index (χ4n) is 3.64. The van der Waals surface area contributed by atoms with E-state index < -0.39 is 0 Å². The van der Waals surface area contributed by atoms with Crippen molar-refractivity contribution in [3.63, 3.8) is 0 Å². The number of benzene rings is 3. The molecule has 1 saturated heterocycles. The Balaban J connectivity index is 1.45. The summed E-state index contributed by atoms with van der Waals surface area (Å²) in [6.45, 7) is 6.23. The Kier molecular flexibility index (Phi) is 7.70. The first-order valence-corrected chi connectivity index (χ1v) is 12.1. The highest BCUT2D eigenvalue weighted by molar-refractivity contribution is 8.05. The van der Waals surface area contributed by atoms with Crippen molar-refractivity contribution in [1.82, 2.24) is 5.32 Å². The molecule has 34 heavy (non-hydrogen) atoms. The molecule has 1 aliphatic heterocycles. The molecule has 3 aromatic rings. The van der Waals surface area contributed by atoms with Gasteiger partial charge in [0, 0.05) is 5.69 Å². The molecule has 4 rings (SSSR count). The van der Waals surface area contributed by atoms with Crippen LogP contribution in [0.5, 0.6) is 5.75 Å². The van der Waals surface area contributed by atoms with Crippen LogP contribution in [-0.2, 0) is 24.2 Å². The average molecular weight is 475 g/mol. The van der Waals surface area contributed by atoms with E-state index in [0.717, 1.165) is 28.8 Å². The number of halogens is 1. The molecule has 1 aliphatic rings. The van der Waals surface area contributed by atoms with E-state index in [4.69, 9.17) is 4.74 Å². The number of anilines is 1. The molecular weight excluding hydrogens is 447 g/mol. The highest BCUT2D eigenvalue weighted by Gasteiger charge is 2.27. The van der Waals surface area contributed by atoms with Crippen LogP contribution < -0.4 is 15.4 Å². The van der Waals surface area contributed by atoms with Crippen molar-refractivity contribution in [3.8, 4) is 5.75 Å². The number of hydrogen-bond donors (Lipinski definition) is 2. The number of amides is 1. The van der Waals surface area contributed by atoms with E-state index in [1.54, 1.807) is 6.07 Å². The lowest BCUT2D eigenvalue weighted by Gasteiger charge is -2.13. The molecule has 4 nitrogen and oxygen atoms in total. The smallest absolute Gasteiger partial charge is 0.260 e. The number of nitrogens with one attached hydrogen (secondary N) is 2. The molecule has 174 valence electrons. The molecule has 0 radical (unpaired) electrons. The summed E-state index contributed by atoms with van der Waals surface area (Å²) in [5, 5.41) is 6.31. The minimum absolute atomic E-state index is 0.107. The summed E-state index contributed by atoms with van der Waals surface area (Å²) in [6, 6.07) is 20.4. The zero-order valence-electron chi connectivity index (χ0n) is 19.0. The maximum Gasteiger partial charge on any atom is 0.260 e. The molecule has 0 spiro atoms. The van der Waals surface area contributed by atoms with Crippen LogP contribution in [0.15, 0.2) is 84.3 Å². The van der Waals surface area contributed by atoms with Crippen molar-refractivity contribution in [1.29, 1.82) is 0 Å². The van der Waals surface area contributed by atoms with Crippen LogP contribution in [0, 0.1) is 5.82 Å². The highest BCUT2D eigenvalue weighted by atomic mass is 32.2. The molecule has 1 atom stereocenters. The molecule has 0 bridgehead atoms. The van der Waals surface area contributed by atoms with Crippen LogP contribution in [0.2, 0.25) is 0 Å². The van der Waals surface area contributed by atoms with Gasteiger partial charge in [0.25, 0.3) is 5.91 Å². The van der Waals surface area contributed by atoms with E-state index in [-0.39, 0.29) is 23.8 Å². The summed E-state index contributed by atoms with van der Waals surface area (Å²) in [5.74, 6) is 0.321. The topological polar surface area (TPSA) is 50.4 Å². The number of allylic oxidation sites excluding steroid dienone is 1. The van der Waals surface area contributed by atoms with Crippen LogP contribution in [0.25, 0.3) is 6.08 Å². The molecule has 0 unspecified atom stereocenters. The molecule has 1 heterocycles. The molecule has 2 N–H and O–H groups in total. The van der Waals surface area contributed by atoms with E-state index in [1.165, 1.54) is 29.5 Å².